The van der Waals surface area contributed by atoms with Crippen molar-refractivity contribution >= 4 is 16.7 Å². The van der Waals surface area contributed by atoms with Crippen LogP contribution < -0.4 is 4.90 Å². The van der Waals surface area contributed by atoms with Crippen LogP contribution in [0.3, 0.4) is 0 Å². The molecule has 2 aromatic heterocycles. The van der Waals surface area contributed by atoms with Crippen molar-refractivity contribution in [1.29, 1.82) is 0 Å². The molecule has 1 aliphatic rings. The van der Waals surface area contributed by atoms with Crippen LogP contribution in [0, 0.1) is 6.92 Å². The zero-order valence-electron chi connectivity index (χ0n) is 11.2. The van der Waals surface area contributed by atoms with Crippen molar-refractivity contribution < 1.29 is 5.11 Å². The number of aromatic hydroxyl groups is 1. The number of rotatable bonds is 1. The minimum absolute atomic E-state index is 0.0280. The number of aromatic nitrogens is 3. The van der Waals surface area contributed by atoms with Gasteiger partial charge in [0.05, 0.1) is 17.1 Å². The summed E-state index contributed by atoms with van der Waals surface area (Å²) in [4.78, 5) is 17.2. The zero-order chi connectivity index (χ0) is 13.4. The highest BCUT2D eigenvalue weighted by atomic mass is 16.3. The first-order valence-corrected chi connectivity index (χ1v) is 6.40. The molecular weight excluding hydrogens is 242 g/mol. The van der Waals surface area contributed by atoms with Crippen LogP contribution in [-0.2, 0) is 0 Å². The van der Waals surface area contributed by atoms with Crippen molar-refractivity contribution in [3.05, 3.63) is 18.1 Å². The molecule has 0 radical (unpaired) electrons. The second-order valence-electron chi connectivity index (χ2n) is 4.94. The fourth-order valence-corrected chi connectivity index (χ4v) is 2.33. The molecule has 0 unspecified atom stereocenters. The minimum Gasteiger partial charge on any atom is -0.493 e. The second-order valence-corrected chi connectivity index (χ2v) is 4.94. The molecule has 1 N–H and O–H groups in total. The second kappa shape index (κ2) is 4.62. The zero-order valence-corrected chi connectivity index (χ0v) is 11.2. The average molecular weight is 259 g/mol. The molecule has 6 nitrogen and oxygen atoms in total. The Labute approximate surface area is 111 Å². The summed E-state index contributed by atoms with van der Waals surface area (Å²) >= 11 is 0. The topological polar surface area (TPSA) is 65.4 Å². The van der Waals surface area contributed by atoms with Crippen molar-refractivity contribution in [2.24, 2.45) is 0 Å². The van der Waals surface area contributed by atoms with Gasteiger partial charge in [0, 0.05) is 26.2 Å². The Morgan fingerprint density at radius 2 is 1.89 bits per heavy atom. The van der Waals surface area contributed by atoms with E-state index in [9.17, 15) is 5.11 Å². The standard InChI is InChI=1S/C13H17N5O/c1-9-15-11-8-14-12(7-10(11)13(19)16-9)18-5-3-17(2)4-6-18/h7-8H,3-6H2,1-2H3,(H,15,16,19). The van der Waals surface area contributed by atoms with Gasteiger partial charge in [-0.1, -0.05) is 0 Å². The van der Waals surface area contributed by atoms with Crippen LogP contribution in [-0.4, -0.2) is 58.2 Å². The van der Waals surface area contributed by atoms with Crippen LogP contribution in [0.4, 0.5) is 5.82 Å². The van der Waals surface area contributed by atoms with E-state index in [0.717, 1.165) is 32.0 Å². The molecule has 0 aromatic carbocycles. The third kappa shape index (κ3) is 2.31. The molecule has 0 amide bonds. The third-order valence-corrected chi connectivity index (χ3v) is 3.49. The van der Waals surface area contributed by atoms with Crippen molar-refractivity contribution in [2.45, 2.75) is 6.92 Å². The highest BCUT2D eigenvalue weighted by Crippen LogP contribution is 2.24. The summed E-state index contributed by atoms with van der Waals surface area (Å²) in [5.74, 6) is 1.46. The lowest BCUT2D eigenvalue weighted by Crippen LogP contribution is -2.44. The van der Waals surface area contributed by atoms with Crippen LogP contribution in [0.1, 0.15) is 5.82 Å². The Balaban J connectivity index is 1.97. The van der Waals surface area contributed by atoms with E-state index in [2.05, 4.69) is 31.8 Å². The summed E-state index contributed by atoms with van der Waals surface area (Å²) < 4.78 is 0. The number of hydrogen-bond acceptors (Lipinski definition) is 6. The number of hydrogen-bond donors (Lipinski definition) is 1. The molecule has 0 saturated carbocycles. The molecular formula is C13H17N5O. The van der Waals surface area contributed by atoms with Crippen molar-refractivity contribution in [2.75, 3.05) is 38.1 Å². The summed E-state index contributed by atoms with van der Waals surface area (Å²) in [6, 6.07) is 1.87. The Morgan fingerprint density at radius 1 is 1.16 bits per heavy atom. The predicted octanol–water partition coefficient (Wildman–Crippen LogP) is 0.791. The first-order chi connectivity index (χ1) is 9.13. The first kappa shape index (κ1) is 12.1. The van der Waals surface area contributed by atoms with Gasteiger partial charge in [-0.2, -0.15) is 4.98 Å². The van der Waals surface area contributed by atoms with Crippen LogP contribution in [0.15, 0.2) is 12.3 Å². The van der Waals surface area contributed by atoms with E-state index in [0.29, 0.717) is 16.7 Å². The number of likely N-dealkylation sites (N-methyl/N-ethyl adjacent to an activating group) is 1. The van der Waals surface area contributed by atoms with Gasteiger partial charge in [0.1, 0.15) is 11.6 Å². The number of pyridine rings is 1. The molecule has 1 fully saturated rings. The van der Waals surface area contributed by atoms with Gasteiger partial charge in [-0.3, -0.25) is 0 Å². The largest absolute Gasteiger partial charge is 0.493 e. The molecule has 0 spiro atoms. The van der Waals surface area contributed by atoms with E-state index in [1.165, 1.54) is 0 Å². The van der Waals surface area contributed by atoms with Crippen LogP contribution >= 0.6 is 0 Å². The Kier molecular flexibility index (Phi) is 2.94. The number of fused-ring (bicyclic) bond motifs is 1. The normalized spacial score (nSPS) is 17.1. The smallest absolute Gasteiger partial charge is 0.222 e. The maximum absolute atomic E-state index is 9.91. The maximum atomic E-state index is 9.91. The van der Waals surface area contributed by atoms with Crippen LogP contribution in [0.2, 0.25) is 0 Å². The monoisotopic (exact) mass is 259 g/mol. The van der Waals surface area contributed by atoms with Gasteiger partial charge in [0.25, 0.3) is 0 Å². The summed E-state index contributed by atoms with van der Waals surface area (Å²) in [5.41, 5.74) is 0.683. The SMILES string of the molecule is Cc1nc(O)c2cc(N3CCN(C)CC3)ncc2n1. The molecule has 6 heteroatoms. The Bertz CT molecular complexity index is 607. The molecule has 3 heterocycles. The molecule has 19 heavy (non-hydrogen) atoms. The van der Waals surface area contributed by atoms with Gasteiger partial charge in [0.2, 0.25) is 5.88 Å². The maximum Gasteiger partial charge on any atom is 0.222 e. The Morgan fingerprint density at radius 3 is 2.63 bits per heavy atom. The van der Waals surface area contributed by atoms with E-state index in [1.807, 2.05) is 6.07 Å². The summed E-state index contributed by atoms with van der Waals surface area (Å²) in [6.45, 7) is 5.70. The third-order valence-electron chi connectivity index (χ3n) is 3.49. The molecule has 0 atom stereocenters. The first-order valence-electron chi connectivity index (χ1n) is 6.40. The van der Waals surface area contributed by atoms with Gasteiger partial charge >= 0.3 is 0 Å². The summed E-state index contributed by atoms with van der Waals surface area (Å²) in [5, 5.41) is 10.6. The lowest BCUT2D eigenvalue weighted by Gasteiger charge is -2.33. The van der Waals surface area contributed by atoms with E-state index in [-0.39, 0.29) is 5.88 Å². The van der Waals surface area contributed by atoms with E-state index in [1.54, 1.807) is 13.1 Å². The molecule has 0 aliphatic carbocycles. The lowest BCUT2D eigenvalue weighted by molar-refractivity contribution is 0.312. The number of anilines is 1. The van der Waals surface area contributed by atoms with E-state index in [4.69, 9.17) is 0 Å². The Hall–Kier alpha value is -1.95. The van der Waals surface area contributed by atoms with Gasteiger partial charge < -0.3 is 14.9 Å². The van der Waals surface area contributed by atoms with Crippen LogP contribution in [0.25, 0.3) is 10.9 Å². The summed E-state index contributed by atoms with van der Waals surface area (Å²) in [7, 11) is 2.12. The average Bonchev–Trinajstić information content (AvgIpc) is 2.39. The summed E-state index contributed by atoms with van der Waals surface area (Å²) in [6.07, 6.45) is 1.71. The molecule has 3 rings (SSSR count). The molecule has 1 saturated heterocycles. The molecule has 0 bridgehead atoms. The fraction of sp³-hybridized carbons (Fsp3) is 0.462. The molecule has 2 aromatic rings. The van der Waals surface area contributed by atoms with Gasteiger partial charge in [-0.05, 0) is 20.0 Å². The molecule has 1 aliphatic heterocycles. The van der Waals surface area contributed by atoms with Crippen molar-refractivity contribution in [3.63, 3.8) is 0 Å². The number of nitrogens with zero attached hydrogens (tertiary/aromatic N) is 5. The highest BCUT2D eigenvalue weighted by molar-refractivity contribution is 5.84. The predicted molar refractivity (Wildman–Crippen MR) is 73.4 cm³/mol. The number of piperazine rings is 1. The lowest BCUT2D eigenvalue weighted by atomic mass is 10.2. The van der Waals surface area contributed by atoms with E-state index >= 15 is 0 Å². The quantitative estimate of drug-likeness (QED) is 0.817. The number of aryl methyl sites for hydroxylation is 1. The van der Waals surface area contributed by atoms with Gasteiger partial charge in [0.15, 0.2) is 0 Å². The highest BCUT2D eigenvalue weighted by Gasteiger charge is 2.16. The van der Waals surface area contributed by atoms with Gasteiger partial charge in [-0.25, -0.2) is 9.97 Å². The minimum atomic E-state index is 0.0280. The van der Waals surface area contributed by atoms with Crippen LogP contribution in [0.5, 0.6) is 5.88 Å². The fourth-order valence-electron chi connectivity index (χ4n) is 2.33. The van der Waals surface area contributed by atoms with E-state index < -0.39 is 0 Å². The van der Waals surface area contributed by atoms with Crippen molar-refractivity contribution in [1.82, 2.24) is 19.9 Å². The van der Waals surface area contributed by atoms with Gasteiger partial charge in [-0.15, -0.1) is 0 Å². The van der Waals surface area contributed by atoms with Crippen molar-refractivity contribution in [3.8, 4) is 5.88 Å². The molecule has 100 valence electrons.